The van der Waals surface area contributed by atoms with Crippen LogP contribution >= 0.6 is 15.9 Å². The van der Waals surface area contributed by atoms with Crippen LogP contribution in [-0.2, 0) is 4.79 Å². The second-order valence-corrected chi connectivity index (χ2v) is 7.57. The quantitative estimate of drug-likeness (QED) is 0.318. The average Bonchev–Trinajstić information content (AvgIpc) is 2.82. The maximum Gasteiger partial charge on any atom is 0.262 e. The van der Waals surface area contributed by atoms with Crippen LogP contribution < -0.4 is 19.5 Å². The van der Waals surface area contributed by atoms with Crippen LogP contribution in [0.15, 0.2) is 77.3 Å². The summed E-state index contributed by atoms with van der Waals surface area (Å²) in [4.78, 5) is 24.6. The lowest BCUT2D eigenvalue weighted by atomic mass is 10.1. The minimum atomic E-state index is -0.333. The van der Waals surface area contributed by atoms with Crippen molar-refractivity contribution in [3.8, 4) is 17.2 Å². The highest BCUT2D eigenvalue weighted by Crippen LogP contribution is 2.29. The summed E-state index contributed by atoms with van der Waals surface area (Å²) in [6, 6.07) is 19.5. The van der Waals surface area contributed by atoms with Crippen LogP contribution in [0.3, 0.4) is 0 Å². The van der Waals surface area contributed by atoms with Crippen molar-refractivity contribution in [2.24, 2.45) is 0 Å². The molecular formula is C25H22BrNO5. The summed E-state index contributed by atoms with van der Waals surface area (Å²) in [6.45, 7) is -0.203. The van der Waals surface area contributed by atoms with Crippen molar-refractivity contribution in [2.75, 3.05) is 26.1 Å². The molecule has 32 heavy (non-hydrogen) atoms. The summed E-state index contributed by atoms with van der Waals surface area (Å²) >= 11 is 3.35. The van der Waals surface area contributed by atoms with Gasteiger partial charge in [-0.1, -0.05) is 40.2 Å². The third kappa shape index (κ3) is 6.21. The molecule has 0 unspecified atom stereocenters. The summed E-state index contributed by atoms with van der Waals surface area (Å²) < 4.78 is 17.1. The maximum absolute atomic E-state index is 12.3. The largest absolute Gasteiger partial charge is 0.495 e. The third-order valence-electron chi connectivity index (χ3n) is 4.48. The molecule has 0 aliphatic carbocycles. The molecule has 0 aliphatic rings. The van der Waals surface area contributed by atoms with Gasteiger partial charge in [0.15, 0.2) is 23.9 Å². The highest BCUT2D eigenvalue weighted by molar-refractivity contribution is 9.10. The molecule has 7 heteroatoms. The van der Waals surface area contributed by atoms with E-state index in [1.54, 1.807) is 54.6 Å². The summed E-state index contributed by atoms with van der Waals surface area (Å²) in [5.74, 6) is 0.991. The average molecular weight is 496 g/mol. The van der Waals surface area contributed by atoms with E-state index >= 15 is 0 Å². The smallest absolute Gasteiger partial charge is 0.262 e. The zero-order chi connectivity index (χ0) is 22.9. The minimum Gasteiger partial charge on any atom is -0.495 e. The summed E-state index contributed by atoms with van der Waals surface area (Å²) in [5.41, 5.74) is 1.92. The van der Waals surface area contributed by atoms with E-state index in [4.69, 9.17) is 14.2 Å². The highest BCUT2D eigenvalue weighted by atomic mass is 79.9. The number of ketones is 1. The first-order valence-corrected chi connectivity index (χ1v) is 10.5. The maximum atomic E-state index is 12.3. The van der Waals surface area contributed by atoms with Crippen LogP contribution in [0.5, 0.6) is 17.2 Å². The van der Waals surface area contributed by atoms with E-state index in [-0.39, 0.29) is 18.3 Å². The normalized spacial score (nSPS) is 10.6. The van der Waals surface area contributed by atoms with Gasteiger partial charge in [0, 0.05) is 10.0 Å². The summed E-state index contributed by atoms with van der Waals surface area (Å²) in [6.07, 6.45) is 3.20. The summed E-state index contributed by atoms with van der Waals surface area (Å²) in [7, 11) is 3.05. The molecule has 0 saturated carbocycles. The number of carbonyl (C=O) groups excluding carboxylic acids is 2. The van der Waals surface area contributed by atoms with Crippen LogP contribution in [0, 0.1) is 0 Å². The van der Waals surface area contributed by atoms with Crippen LogP contribution in [0.25, 0.3) is 6.08 Å². The van der Waals surface area contributed by atoms with Gasteiger partial charge in [-0.2, -0.15) is 0 Å². The Labute approximate surface area is 194 Å². The highest BCUT2D eigenvalue weighted by Gasteiger charge is 2.11. The van der Waals surface area contributed by atoms with E-state index in [2.05, 4.69) is 21.2 Å². The molecule has 6 nitrogen and oxygen atoms in total. The predicted octanol–water partition coefficient (Wildman–Crippen LogP) is 5.38. The van der Waals surface area contributed by atoms with Crippen LogP contribution in [-0.4, -0.2) is 32.5 Å². The minimum absolute atomic E-state index is 0.107. The molecule has 3 aromatic carbocycles. The van der Waals surface area contributed by atoms with Crippen molar-refractivity contribution in [1.82, 2.24) is 0 Å². The number of halogens is 1. The van der Waals surface area contributed by atoms with Gasteiger partial charge in [-0.3, -0.25) is 9.59 Å². The van der Waals surface area contributed by atoms with E-state index in [0.29, 0.717) is 28.5 Å². The molecule has 0 aliphatic heterocycles. The molecule has 164 valence electrons. The fourth-order valence-electron chi connectivity index (χ4n) is 2.87. The number of para-hydroxylation sites is 2. The second kappa shape index (κ2) is 11.2. The molecule has 3 rings (SSSR count). The molecule has 1 amide bonds. The molecule has 0 fully saturated rings. The van der Waals surface area contributed by atoms with Gasteiger partial charge in [0.25, 0.3) is 5.91 Å². The van der Waals surface area contributed by atoms with Crippen molar-refractivity contribution in [1.29, 1.82) is 0 Å². The number of carbonyl (C=O) groups is 2. The van der Waals surface area contributed by atoms with Crippen LogP contribution in [0.2, 0.25) is 0 Å². The Bertz CT molecular complexity index is 1130. The molecule has 0 bridgehead atoms. The van der Waals surface area contributed by atoms with E-state index in [9.17, 15) is 9.59 Å². The third-order valence-corrected chi connectivity index (χ3v) is 5.01. The standard InChI is InChI=1S/C25H22BrNO5/c1-30-22-6-4-3-5-20(22)27-25(29)16-32-23-14-8-17(15-24(23)31-2)7-13-21(28)18-9-11-19(26)12-10-18/h3-15H,16H2,1-2H3,(H,27,29)/b13-7+. The van der Waals surface area contributed by atoms with Crippen molar-refractivity contribution >= 4 is 39.4 Å². The number of nitrogens with one attached hydrogen (secondary N) is 1. The van der Waals surface area contributed by atoms with Gasteiger partial charge in [0.05, 0.1) is 19.9 Å². The Balaban J connectivity index is 1.62. The van der Waals surface area contributed by atoms with Gasteiger partial charge >= 0.3 is 0 Å². The van der Waals surface area contributed by atoms with Gasteiger partial charge in [0.2, 0.25) is 0 Å². The molecule has 0 radical (unpaired) electrons. The van der Waals surface area contributed by atoms with E-state index < -0.39 is 0 Å². The lowest BCUT2D eigenvalue weighted by molar-refractivity contribution is -0.118. The predicted molar refractivity (Wildman–Crippen MR) is 128 cm³/mol. The topological polar surface area (TPSA) is 73.9 Å². The van der Waals surface area contributed by atoms with Gasteiger partial charge < -0.3 is 19.5 Å². The number of amides is 1. The Morgan fingerprint density at radius 3 is 2.34 bits per heavy atom. The SMILES string of the molecule is COc1ccccc1NC(=O)COc1ccc(/C=C/C(=O)c2ccc(Br)cc2)cc1OC. The van der Waals surface area contributed by atoms with Crippen LogP contribution in [0.1, 0.15) is 15.9 Å². The molecule has 1 N–H and O–H groups in total. The lowest BCUT2D eigenvalue weighted by Crippen LogP contribution is -2.20. The number of benzene rings is 3. The van der Waals surface area contributed by atoms with E-state index in [0.717, 1.165) is 10.0 Å². The Morgan fingerprint density at radius 1 is 0.906 bits per heavy atom. The molecule has 0 aromatic heterocycles. The van der Waals surface area contributed by atoms with Crippen LogP contribution in [0.4, 0.5) is 5.69 Å². The Kier molecular flexibility index (Phi) is 8.05. The molecule has 0 saturated heterocycles. The Hall–Kier alpha value is -3.58. The first-order valence-electron chi connectivity index (χ1n) is 9.72. The fourth-order valence-corrected chi connectivity index (χ4v) is 3.13. The lowest BCUT2D eigenvalue weighted by Gasteiger charge is -2.13. The zero-order valence-corrected chi connectivity index (χ0v) is 19.2. The molecular weight excluding hydrogens is 474 g/mol. The van der Waals surface area contributed by atoms with Gasteiger partial charge in [-0.15, -0.1) is 0 Å². The molecule has 0 spiro atoms. The monoisotopic (exact) mass is 495 g/mol. The zero-order valence-electron chi connectivity index (χ0n) is 17.6. The van der Waals surface area contributed by atoms with Gasteiger partial charge in [0.1, 0.15) is 5.75 Å². The Morgan fingerprint density at radius 2 is 1.62 bits per heavy atom. The summed E-state index contributed by atoms with van der Waals surface area (Å²) in [5, 5.41) is 2.75. The molecule has 3 aromatic rings. The number of methoxy groups -OCH3 is 2. The number of rotatable bonds is 9. The fraction of sp³-hybridized carbons (Fsp3) is 0.120. The van der Waals surface area contributed by atoms with Gasteiger partial charge in [-0.25, -0.2) is 0 Å². The molecule has 0 atom stereocenters. The van der Waals surface area contributed by atoms with E-state index in [1.807, 2.05) is 18.2 Å². The second-order valence-electron chi connectivity index (χ2n) is 6.65. The number of anilines is 1. The number of allylic oxidation sites excluding steroid dienone is 1. The van der Waals surface area contributed by atoms with Crippen molar-refractivity contribution in [3.63, 3.8) is 0 Å². The number of hydrogen-bond donors (Lipinski definition) is 1. The van der Waals surface area contributed by atoms with Crippen molar-refractivity contribution in [2.45, 2.75) is 0 Å². The first-order chi connectivity index (χ1) is 15.5. The van der Waals surface area contributed by atoms with Crippen molar-refractivity contribution in [3.05, 3.63) is 88.4 Å². The van der Waals surface area contributed by atoms with E-state index in [1.165, 1.54) is 20.3 Å². The van der Waals surface area contributed by atoms with Crippen molar-refractivity contribution < 1.29 is 23.8 Å². The first kappa shape index (κ1) is 23.1. The number of ether oxygens (including phenoxy) is 3. The van der Waals surface area contributed by atoms with Gasteiger partial charge in [-0.05, 0) is 60.2 Å². The number of hydrogen-bond acceptors (Lipinski definition) is 5. The molecule has 0 heterocycles.